The molecule has 0 spiro atoms. The number of aryl methyl sites for hydroxylation is 1. The summed E-state index contributed by atoms with van der Waals surface area (Å²) in [6.45, 7) is 2.62. The number of imidazole rings is 1. The van der Waals surface area contributed by atoms with E-state index in [0.29, 0.717) is 17.2 Å². The minimum atomic E-state index is 0.0405. The maximum atomic E-state index is 5.80. The van der Waals surface area contributed by atoms with E-state index in [1.165, 1.54) is 0 Å². The summed E-state index contributed by atoms with van der Waals surface area (Å²) in [4.78, 5) is 12.7. The fourth-order valence-corrected chi connectivity index (χ4v) is 2.04. The second-order valence-corrected chi connectivity index (χ2v) is 3.95. The number of hydrogen-bond acceptors (Lipinski definition) is 5. The van der Waals surface area contributed by atoms with Crippen molar-refractivity contribution in [1.29, 1.82) is 0 Å². The molecule has 2 N–H and O–H groups in total. The molecular weight excluding hydrogens is 206 g/mol. The van der Waals surface area contributed by atoms with Crippen LogP contribution >= 0.6 is 0 Å². The van der Waals surface area contributed by atoms with Crippen LogP contribution in [-0.2, 0) is 4.74 Å². The molecule has 1 atom stereocenters. The Morgan fingerprint density at radius 1 is 1.50 bits per heavy atom. The van der Waals surface area contributed by atoms with Crippen LogP contribution in [0.4, 0.5) is 5.82 Å². The number of nitrogens with zero attached hydrogens (tertiary/aromatic N) is 4. The molecule has 3 rings (SSSR count). The number of aromatic nitrogens is 4. The van der Waals surface area contributed by atoms with Gasteiger partial charge in [-0.1, -0.05) is 0 Å². The quantitative estimate of drug-likeness (QED) is 0.774. The molecule has 84 valence electrons. The van der Waals surface area contributed by atoms with Gasteiger partial charge < -0.3 is 10.5 Å². The molecule has 2 aromatic rings. The third-order valence-electron chi connectivity index (χ3n) is 2.78. The normalized spacial score (nSPS) is 20.7. The molecule has 0 bridgehead atoms. The number of nitrogens with two attached hydrogens (primary N) is 1. The summed E-state index contributed by atoms with van der Waals surface area (Å²) < 4.78 is 7.54. The number of nitrogen functional groups attached to an aromatic ring is 1. The molecule has 0 amide bonds. The molecule has 0 aromatic carbocycles. The van der Waals surface area contributed by atoms with Gasteiger partial charge in [0.1, 0.15) is 17.6 Å². The molecular formula is C10H13N5O. The van der Waals surface area contributed by atoms with Crippen molar-refractivity contribution in [3.05, 3.63) is 12.2 Å². The maximum absolute atomic E-state index is 5.80. The molecule has 1 aliphatic rings. The number of hydrogen-bond donors (Lipinski definition) is 1. The van der Waals surface area contributed by atoms with Gasteiger partial charge in [-0.05, 0) is 19.8 Å². The SMILES string of the molecule is Cc1nc(N)c2ncn(C3CCCO3)c2n1. The number of rotatable bonds is 1. The smallest absolute Gasteiger partial charge is 0.167 e. The molecule has 0 aliphatic carbocycles. The maximum Gasteiger partial charge on any atom is 0.167 e. The van der Waals surface area contributed by atoms with E-state index in [4.69, 9.17) is 10.5 Å². The van der Waals surface area contributed by atoms with E-state index in [9.17, 15) is 0 Å². The van der Waals surface area contributed by atoms with E-state index >= 15 is 0 Å². The van der Waals surface area contributed by atoms with Crippen molar-refractivity contribution < 1.29 is 4.74 Å². The summed E-state index contributed by atoms with van der Waals surface area (Å²) in [5.41, 5.74) is 7.22. The van der Waals surface area contributed by atoms with Crippen LogP contribution in [0.1, 0.15) is 24.9 Å². The molecule has 1 saturated heterocycles. The van der Waals surface area contributed by atoms with Gasteiger partial charge in [0.15, 0.2) is 11.5 Å². The van der Waals surface area contributed by atoms with Gasteiger partial charge in [-0.15, -0.1) is 0 Å². The Labute approximate surface area is 92.5 Å². The first-order valence-electron chi connectivity index (χ1n) is 5.34. The monoisotopic (exact) mass is 219 g/mol. The minimum Gasteiger partial charge on any atom is -0.382 e. The Bertz CT molecular complexity index is 529. The van der Waals surface area contributed by atoms with Crippen molar-refractivity contribution >= 4 is 17.0 Å². The van der Waals surface area contributed by atoms with Gasteiger partial charge in [0.2, 0.25) is 0 Å². The van der Waals surface area contributed by atoms with E-state index in [1.807, 2.05) is 11.5 Å². The van der Waals surface area contributed by atoms with E-state index < -0.39 is 0 Å². The first-order valence-corrected chi connectivity index (χ1v) is 5.34. The van der Waals surface area contributed by atoms with Crippen LogP contribution in [0.2, 0.25) is 0 Å². The van der Waals surface area contributed by atoms with Crippen LogP contribution < -0.4 is 5.73 Å². The molecule has 16 heavy (non-hydrogen) atoms. The molecule has 2 aromatic heterocycles. The molecule has 1 unspecified atom stereocenters. The van der Waals surface area contributed by atoms with Crippen LogP contribution in [0.3, 0.4) is 0 Å². The lowest BCUT2D eigenvalue weighted by molar-refractivity contribution is 0.0593. The minimum absolute atomic E-state index is 0.0405. The highest BCUT2D eigenvalue weighted by Gasteiger charge is 2.21. The number of ether oxygens (including phenoxy) is 1. The molecule has 6 heteroatoms. The Balaban J connectivity index is 2.18. The zero-order valence-electron chi connectivity index (χ0n) is 9.05. The highest BCUT2D eigenvalue weighted by molar-refractivity contribution is 5.81. The van der Waals surface area contributed by atoms with Crippen molar-refractivity contribution in [1.82, 2.24) is 19.5 Å². The van der Waals surface area contributed by atoms with Crippen molar-refractivity contribution in [2.45, 2.75) is 26.0 Å². The number of fused-ring (bicyclic) bond motifs is 1. The molecule has 3 heterocycles. The third-order valence-corrected chi connectivity index (χ3v) is 2.78. The first kappa shape index (κ1) is 9.53. The van der Waals surface area contributed by atoms with Gasteiger partial charge in [-0.2, -0.15) is 0 Å². The average Bonchev–Trinajstić information content (AvgIpc) is 2.83. The predicted molar refractivity (Wildman–Crippen MR) is 58.7 cm³/mol. The summed E-state index contributed by atoms with van der Waals surface area (Å²) in [5, 5.41) is 0. The summed E-state index contributed by atoms with van der Waals surface area (Å²) in [5.74, 6) is 1.09. The van der Waals surface area contributed by atoms with Gasteiger partial charge >= 0.3 is 0 Å². The van der Waals surface area contributed by atoms with Crippen LogP contribution in [-0.4, -0.2) is 26.1 Å². The van der Waals surface area contributed by atoms with Gasteiger partial charge in [0, 0.05) is 6.61 Å². The van der Waals surface area contributed by atoms with E-state index in [0.717, 1.165) is 25.1 Å². The van der Waals surface area contributed by atoms with Crippen LogP contribution in [0.25, 0.3) is 11.2 Å². The van der Waals surface area contributed by atoms with Crippen LogP contribution in [0.15, 0.2) is 6.33 Å². The van der Waals surface area contributed by atoms with Crippen LogP contribution in [0, 0.1) is 6.92 Å². The van der Waals surface area contributed by atoms with Crippen molar-refractivity contribution in [3.8, 4) is 0 Å². The van der Waals surface area contributed by atoms with Crippen LogP contribution in [0.5, 0.6) is 0 Å². The van der Waals surface area contributed by atoms with E-state index in [-0.39, 0.29) is 6.23 Å². The van der Waals surface area contributed by atoms with E-state index in [1.54, 1.807) is 6.33 Å². The predicted octanol–water partition coefficient (Wildman–Crippen LogP) is 1.03. The zero-order chi connectivity index (χ0) is 11.1. The second-order valence-electron chi connectivity index (χ2n) is 3.95. The molecule has 0 saturated carbocycles. The fourth-order valence-electron chi connectivity index (χ4n) is 2.04. The molecule has 1 aliphatic heterocycles. The zero-order valence-corrected chi connectivity index (χ0v) is 9.05. The summed E-state index contributed by atoms with van der Waals surface area (Å²) in [7, 11) is 0. The second kappa shape index (κ2) is 3.41. The van der Waals surface area contributed by atoms with Gasteiger partial charge in [-0.3, -0.25) is 4.57 Å². The lowest BCUT2D eigenvalue weighted by Crippen LogP contribution is -2.07. The lowest BCUT2D eigenvalue weighted by atomic mass is 10.3. The van der Waals surface area contributed by atoms with Gasteiger partial charge in [0.25, 0.3) is 0 Å². The number of anilines is 1. The fraction of sp³-hybridized carbons (Fsp3) is 0.500. The Morgan fingerprint density at radius 2 is 2.38 bits per heavy atom. The largest absolute Gasteiger partial charge is 0.382 e. The Morgan fingerprint density at radius 3 is 3.12 bits per heavy atom. The summed E-state index contributed by atoms with van der Waals surface area (Å²) in [6.07, 6.45) is 3.84. The van der Waals surface area contributed by atoms with Crippen molar-refractivity contribution in [3.63, 3.8) is 0 Å². The highest BCUT2D eigenvalue weighted by Crippen LogP contribution is 2.27. The highest BCUT2D eigenvalue weighted by atomic mass is 16.5. The van der Waals surface area contributed by atoms with Crippen molar-refractivity contribution in [2.24, 2.45) is 0 Å². The standard InChI is InChI=1S/C10H13N5O/c1-6-13-9(11)8-10(14-6)15(5-12-8)7-3-2-4-16-7/h5,7H,2-4H2,1H3,(H2,11,13,14). The molecule has 1 fully saturated rings. The Kier molecular flexibility index (Phi) is 2.03. The van der Waals surface area contributed by atoms with Gasteiger partial charge in [-0.25, -0.2) is 15.0 Å². The summed E-state index contributed by atoms with van der Waals surface area (Å²) >= 11 is 0. The van der Waals surface area contributed by atoms with Crippen molar-refractivity contribution in [2.75, 3.05) is 12.3 Å². The Hall–Kier alpha value is -1.69. The van der Waals surface area contributed by atoms with E-state index in [2.05, 4.69) is 15.0 Å². The van der Waals surface area contributed by atoms with Gasteiger partial charge in [0.05, 0.1) is 6.33 Å². The molecule has 6 nitrogen and oxygen atoms in total. The lowest BCUT2D eigenvalue weighted by Gasteiger charge is -2.11. The molecule has 0 radical (unpaired) electrons. The first-order chi connectivity index (χ1) is 7.75. The summed E-state index contributed by atoms with van der Waals surface area (Å²) in [6, 6.07) is 0. The third kappa shape index (κ3) is 1.34. The topological polar surface area (TPSA) is 78.8 Å². The average molecular weight is 219 g/mol.